The number of carbonyl (C=O) groups is 3. The Morgan fingerprint density at radius 2 is 0.521 bits per heavy atom. The van der Waals surface area contributed by atoms with E-state index in [0.29, 0.717) is 12.8 Å². The highest BCUT2D eigenvalue weighted by Gasteiger charge is 2.19. The first-order valence-electron chi connectivity index (χ1n) is 28.0. The summed E-state index contributed by atoms with van der Waals surface area (Å²) in [6.07, 6.45) is 83.8. The standard InChI is InChI=1S/C65H100O6/c1-4-7-10-13-16-19-22-25-28-29-30-31-32-33-34-35-38-40-43-46-49-52-55-58-64(67)70-61-62(71-65(68)59-56-53-50-47-44-41-37-27-24-21-18-15-12-9-6-3)60-69-63(66)57-54-51-48-45-42-39-36-26-23-20-17-14-11-8-5-2/h7-12,16-21,25-28,30-31,33-34,36-38,40,46,49,62H,4-6,13-15,22-24,29,32,35,39,41-45,47-48,50-61H2,1-3H3/b10-7-,11-8-,12-9-,19-16-,20-17-,21-18-,28-25-,31-30-,34-33-,36-26-,37-27-,40-38-,49-46-. The molecule has 6 nitrogen and oxygen atoms in total. The lowest BCUT2D eigenvalue weighted by Crippen LogP contribution is -2.30. The van der Waals surface area contributed by atoms with Crippen molar-refractivity contribution in [1.82, 2.24) is 0 Å². The molecule has 0 bridgehead atoms. The van der Waals surface area contributed by atoms with E-state index in [1.807, 2.05) is 0 Å². The van der Waals surface area contributed by atoms with E-state index in [4.69, 9.17) is 14.2 Å². The van der Waals surface area contributed by atoms with E-state index in [9.17, 15) is 14.4 Å². The first-order valence-corrected chi connectivity index (χ1v) is 28.0. The van der Waals surface area contributed by atoms with Gasteiger partial charge >= 0.3 is 17.9 Å². The Morgan fingerprint density at radius 3 is 0.845 bits per heavy atom. The summed E-state index contributed by atoms with van der Waals surface area (Å²) in [4.78, 5) is 38.1. The number of carbonyl (C=O) groups excluding carboxylic acids is 3. The molecule has 1 atom stereocenters. The summed E-state index contributed by atoms with van der Waals surface area (Å²) in [5.74, 6) is -1.02. The van der Waals surface area contributed by atoms with Gasteiger partial charge in [0.15, 0.2) is 6.10 Å². The van der Waals surface area contributed by atoms with Gasteiger partial charge < -0.3 is 14.2 Å². The third kappa shape index (κ3) is 55.8. The minimum atomic E-state index is -0.826. The van der Waals surface area contributed by atoms with E-state index >= 15 is 0 Å². The van der Waals surface area contributed by atoms with Crippen molar-refractivity contribution in [2.45, 2.75) is 219 Å². The highest BCUT2D eigenvalue weighted by atomic mass is 16.6. The molecule has 71 heavy (non-hydrogen) atoms. The van der Waals surface area contributed by atoms with Gasteiger partial charge in [-0.25, -0.2) is 0 Å². The number of ether oxygens (including phenoxy) is 3. The summed E-state index contributed by atoms with van der Waals surface area (Å²) in [5, 5.41) is 0. The van der Waals surface area contributed by atoms with Crippen LogP contribution in [0.4, 0.5) is 0 Å². The maximum Gasteiger partial charge on any atom is 0.306 e. The first kappa shape index (κ1) is 66.0. The average Bonchev–Trinajstić information content (AvgIpc) is 3.37. The minimum Gasteiger partial charge on any atom is -0.462 e. The van der Waals surface area contributed by atoms with Crippen molar-refractivity contribution in [3.63, 3.8) is 0 Å². The van der Waals surface area contributed by atoms with Crippen LogP contribution in [0.5, 0.6) is 0 Å². The molecule has 0 aromatic carbocycles. The fraction of sp³-hybridized carbons (Fsp3) is 0.554. The van der Waals surface area contributed by atoms with Crippen molar-refractivity contribution in [2.24, 2.45) is 0 Å². The zero-order valence-electron chi connectivity index (χ0n) is 45.2. The van der Waals surface area contributed by atoms with Gasteiger partial charge in [-0.1, -0.05) is 217 Å². The molecule has 0 spiro atoms. The van der Waals surface area contributed by atoms with E-state index in [2.05, 4.69) is 179 Å². The number of hydrogen-bond acceptors (Lipinski definition) is 6. The minimum absolute atomic E-state index is 0.120. The Bertz CT molecular complexity index is 1640. The zero-order chi connectivity index (χ0) is 51.4. The second-order valence-electron chi connectivity index (χ2n) is 17.7. The molecule has 396 valence electrons. The van der Waals surface area contributed by atoms with Gasteiger partial charge in [-0.05, 0) is 135 Å². The fourth-order valence-electron chi connectivity index (χ4n) is 6.93. The number of allylic oxidation sites excluding steroid dienone is 26. The molecule has 0 saturated carbocycles. The van der Waals surface area contributed by atoms with Gasteiger partial charge in [-0.15, -0.1) is 0 Å². The van der Waals surface area contributed by atoms with E-state index < -0.39 is 6.10 Å². The topological polar surface area (TPSA) is 78.9 Å². The second kappa shape index (κ2) is 57.6. The quantitative estimate of drug-likeness (QED) is 0.0262. The van der Waals surface area contributed by atoms with Crippen LogP contribution < -0.4 is 0 Å². The molecular weight excluding hydrogens is 877 g/mol. The van der Waals surface area contributed by atoms with Gasteiger partial charge in [0, 0.05) is 19.3 Å². The third-order valence-electron chi connectivity index (χ3n) is 11.0. The van der Waals surface area contributed by atoms with Gasteiger partial charge in [-0.2, -0.15) is 0 Å². The molecular formula is C65H100O6. The molecule has 0 aliphatic heterocycles. The predicted molar refractivity (Wildman–Crippen MR) is 306 cm³/mol. The van der Waals surface area contributed by atoms with Gasteiger partial charge in [0.05, 0.1) is 0 Å². The van der Waals surface area contributed by atoms with Gasteiger partial charge in [0.2, 0.25) is 0 Å². The molecule has 0 aromatic rings. The highest BCUT2D eigenvalue weighted by molar-refractivity contribution is 5.71. The Balaban J connectivity index is 4.55. The van der Waals surface area contributed by atoms with Crippen molar-refractivity contribution >= 4 is 17.9 Å². The number of rotatable bonds is 48. The summed E-state index contributed by atoms with van der Waals surface area (Å²) >= 11 is 0. The fourth-order valence-corrected chi connectivity index (χ4v) is 6.93. The van der Waals surface area contributed by atoms with Crippen LogP contribution in [0, 0.1) is 0 Å². The van der Waals surface area contributed by atoms with Crippen molar-refractivity contribution in [1.29, 1.82) is 0 Å². The molecule has 0 aromatic heterocycles. The Morgan fingerprint density at radius 1 is 0.282 bits per heavy atom. The van der Waals surface area contributed by atoms with Crippen molar-refractivity contribution in [2.75, 3.05) is 13.2 Å². The van der Waals surface area contributed by atoms with Crippen LogP contribution in [0.3, 0.4) is 0 Å². The number of unbranched alkanes of at least 4 members (excludes halogenated alkanes) is 11. The predicted octanol–water partition coefficient (Wildman–Crippen LogP) is 19.0. The lowest BCUT2D eigenvalue weighted by atomic mass is 10.1. The molecule has 1 unspecified atom stereocenters. The largest absolute Gasteiger partial charge is 0.462 e. The van der Waals surface area contributed by atoms with Gasteiger partial charge in [0.25, 0.3) is 0 Å². The SMILES string of the molecule is CC/C=C\C/C=C\C/C=C\C/C=C\C/C=C\C/C=C\C/C=C\CCCC(=O)OCC(COC(=O)CCCCCCC/C=C\C/C=C\C/C=C\CC)OC(=O)CCCCCCC/C=C\C/C=C\C/C=C\CC. The van der Waals surface area contributed by atoms with Crippen LogP contribution in [0.1, 0.15) is 213 Å². The van der Waals surface area contributed by atoms with Crippen molar-refractivity contribution < 1.29 is 28.6 Å². The van der Waals surface area contributed by atoms with Crippen LogP contribution >= 0.6 is 0 Å². The monoisotopic (exact) mass is 977 g/mol. The molecule has 0 rings (SSSR count). The van der Waals surface area contributed by atoms with Crippen LogP contribution in [0.2, 0.25) is 0 Å². The summed E-state index contributed by atoms with van der Waals surface area (Å²) in [6, 6.07) is 0. The average molecular weight is 978 g/mol. The zero-order valence-corrected chi connectivity index (χ0v) is 45.2. The lowest BCUT2D eigenvalue weighted by molar-refractivity contribution is -0.167. The molecule has 0 fully saturated rings. The Labute approximate surface area is 435 Å². The smallest absolute Gasteiger partial charge is 0.306 e. The lowest BCUT2D eigenvalue weighted by Gasteiger charge is -2.18. The molecule has 0 aliphatic rings. The summed E-state index contributed by atoms with van der Waals surface area (Å²) in [6.45, 7) is 6.20. The third-order valence-corrected chi connectivity index (χ3v) is 11.0. The summed E-state index contributed by atoms with van der Waals surface area (Å²) < 4.78 is 16.8. The molecule has 0 heterocycles. The second-order valence-corrected chi connectivity index (χ2v) is 17.7. The maximum absolute atomic E-state index is 12.8. The van der Waals surface area contributed by atoms with E-state index in [0.717, 1.165) is 167 Å². The van der Waals surface area contributed by atoms with Crippen LogP contribution in [0.25, 0.3) is 0 Å². The van der Waals surface area contributed by atoms with Crippen LogP contribution in [-0.4, -0.2) is 37.2 Å². The normalized spacial score (nSPS) is 13.3. The summed E-state index contributed by atoms with van der Waals surface area (Å²) in [5.41, 5.74) is 0. The summed E-state index contributed by atoms with van der Waals surface area (Å²) in [7, 11) is 0. The van der Waals surface area contributed by atoms with E-state index in [1.54, 1.807) is 0 Å². The Hall–Kier alpha value is -4.97. The van der Waals surface area contributed by atoms with E-state index in [-0.39, 0.29) is 44.0 Å². The maximum atomic E-state index is 12.8. The molecule has 0 N–H and O–H groups in total. The molecule has 0 aliphatic carbocycles. The van der Waals surface area contributed by atoms with Crippen LogP contribution in [0.15, 0.2) is 158 Å². The number of hydrogen-bond donors (Lipinski definition) is 0. The number of esters is 3. The Kier molecular flexibility index (Phi) is 53.6. The van der Waals surface area contributed by atoms with Gasteiger partial charge in [0.1, 0.15) is 13.2 Å². The molecule has 0 amide bonds. The molecule has 0 radical (unpaired) electrons. The first-order chi connectivity index (χ1) is 35.0. The van der Waals surface area contributed by atoms with Crippen LogP contribution in [-0.2, 0) is 28.6 Å². The molecule has 6 heteroatoms. The van der Waals surface area contributed by atoms with Crippen molar-refractivity contribution in [3.8, 4) is 0 Å². The van der Waals surface area contributed by atoms with Crippen molar-refractivity contribution in [3.05, 3.63) is 158 Å². The molecule has 0 saturated heterocycles. The van der Waals surface area contributed by atoms with E-state index in [1.165, 1.54) is 0 Å². The highest BCUT2D eigenvalue weighted by Crippen LogP contribution is 2.12. The van der Waals surface area contributed by atoms with Gasteiger partial charge in [-0.3, -0.25) is 14.4 Å².